The van der Waals surface area contributed by atoms with Gasteiger partial charge in [0.2, 0.25) is 5.91 Å². The molecule has 0 aliphatic rings. The molecule has 0 bridgehead atoms. The minimum atomic E-state index is -0.205. The van der Waals surface area contributed by atoms with Crippen molar-refractivity contribution < 1.29 is 9.59 Å². The van der Waals surface area contributed by atoms with Crippen molar-refractivity contribution in [2.45, 2.75) is 20.8 Å². The molecule has 5 nitrogen and oxygen atoms in total. The van der Waals surface area contributed by atoms with Crippen molar-refractivity contribution in [2.24, 2.45) is 0 Å². The zero-order chi connectivity index (χ0) is 17.7. The molecule has 1 aromatic heterocycles. The fourth-order valence-corrected chi connectivity index (χ4v) is 2.18. The molecule has 1 aromatic carbocycles. The van der Waals surface area contributed by atoms with Gasteiger partial charge in [0.15, 0.2) is 0 Å². The average Bonchev–Trinajstić information content (AvgIpc) is 2.55. The highest BCUT2D eigenvalue weighted by Crippen LogP contribution is 2.20. The van der Waals surface area contributed by atoms with E-state index in [1.165, 1.54) is 11.0 Å². The summed E-state index contributed by atoms with van der Waals surface area (Å²) in [5, 5.41) is 2.82. The Labute approximate surface area is 142 Å². The average molecular weight is 323 g/mol. The lowest BCUT2D eigenvalue weighted by Crippen LogP contribution is -2.26. The third-order valence-electron chi connectivity index (χ3n) is 3.50. The highest BCUT2D eigenvalue weighted by Gasteiger charge is 2.15. The van der Waals surface area contributed by atoms with Gasteiger partial charge in [-0.25, -0.2) is 0 Å². The van der Waals surface area contributed by atoms with E-state index in [2.05, 4.69) is 10.3 Å². The van der Waals surface area contributed by atoms with Gasteiger partial charge < -0.3 is 10.2 Å². The zero-order valence-electron chi connectivity index (χ0n) is 14.3. The summed E-state index contributed by atoms with van der Waals surface area (Å²) in [6, 6.07) is 8.86. The van der Waals surface area contributed by atoms with Crippen LogP contribution in [0.5, 0.6) is 0 Å². The number of carbonyl (C=O) groups is 2. The first kappa shape index (κ1) is 17.4. The van der Waals surface area contributed by atoms with Gasteiger partial charge in [0, 0.05) is 30.6 Å². The van der Waals surface area contributed by atoms with E-state index in [1.54, 1.807) is 37.6 Å². The number of benzene rings is 1. The van der Waals surface area contributed by atoms with Crippen LogP contribution in [0.1, 0.15) is 29.8 Å². The van der Waals surface area contributed by atoms with Gasteiger partial charge in [-0.15, -0.1) is 0 Å². The maximum absolute atomic E-state index is 12.6. The number of hydrogen-bond donors (Lipinski definition) is 1. The molecule has 0 radical (unpaired) electrons. The molecule has 2 rings (SSSR count). The number of nitrogens with one attached hydrogen (secondary N) is 1. The van der Waals surface area contributed by atoms with Crippen molar-refractivity contribution in [1.29, 1.82) is 0 Å². The Morgan fingerprint density at radius 1 is 1.21 bits per heavy atom. The molecule has 124 valence electrons. The molecule has 1 heterocycles. The van der Waals surface area contributed by atoms with E-state index < -0.39 is 0 Å². The molecular formula is C19H21N3O2. The molecule has 0 spiro atoms. The molecule has 0 saturated heterocycles. The predicted molar refractivity (Wildman–Crippen MR) is 96.2 cm³/mol. The summed E-state index contributed by atoms with van der Waals surface area (Å²) < 4.78 is 0. The van der Waals surface area contributed by atoms with Crippen LogP contribution in [0.3, 0.4) is 0 Å². The summed E-state index contributed by atoms with van der Waals surface area (Å²) in [5.41, 5.74) is 3.64. The summed E-state index contributed by atoms with van der Waals surface area (Å²) in [5.74, 6) is -0.371. The highest BCUT2D eigenvalue weighted by atomic mass is 16.2. The predicted octanol–water partition coefficient (Wildman–Crippen LogP) is 3.57. The van der Waals surface area contributed by atoms with Gasteiger partial charge in [0.25, 0.3) is 5.91 Å². The first-order valence-corrected chi connectivity index (χ1v) is 7.63. The second kappa shape index (κ2) is 7.55. The van der Waals surface area contributed by atoms with E-state index in [1.807, 2.05) is 32.9 Å². The standard InChI is InChI=1S/C19H21N3O2/c1-13(2)10-18(23)21-17-11-15(8-7-14(17)3)19(24)22(4)16-6-5-9-20-12-16/h5-12H,1-4H3,(H,21,23). The molecule has 0 aliphatic heterocycles. The van der Waals surface area contributed by atoms with Crippen LogP contribution >= 0.6 is 0 Å². The van der Waals surface area contributed by atoms with Gasteiger partial charge in [-0.1, -0.05) is 11.6 Å². The van der Waals surface area contributed by atoms with E-state index >= 15 is 0 Å². The van der Waals surface area contributed by atoms with Crippen molar-refractivity contribution in [3.63, 3.8) is 0 Å². The van der Waals surface area contributed by atoms with Crippen LogP contribution in [0.25, 0.3) is 0 Å². The molecule has 0 atom stereocenters. The molecule has 5 heteroatoms. The SMILES string of the molecule is CC(C)=CC(=O)Nc1cc(C(=O)N(C)c2cccnc2)ccc1C. The van der Waals surface area contributed by atoms with E-state index in [0.717, 1.165) is 11.1 Å². The molecular weight excluding hydrogens is 302 g/mol. The first-order chi connectivity index (χ1) is 11.4. The highest BCUT2D eigenvalue weighted by molar-refractivity contribution is 6.07. The van der Waals surface area contributed by atoms with Crippen LogP contribution in [0.4, 0.5) is 11.4 Å². The molecule has 0 aliphatic carbocycles. The van der Waals surface area contributed by atoms with Crippen LogP contribution in [0, 0.1) is 6.92 Å². The molecule has 24 heavy (non-hydrogen) atoms. The van der Waals surface area contributed by atoms with E-state index in [0.29, 0.717) is 16.9 Å². The molecule has 2 aromatic rings. The van der Waals surface area contributed by atoms with Gasteiger partial charge in [0.05, 0.1) is 11.9 Å². The second-order valence-corrected chi connectivity index (χ2v) is 5.82. The second-order valence-electron chi connectivity index (χ2n) is 5.82. The van der Waals surface area contributed by atoms with Gasteiger partial charge >= 0.3 is 0 Å². The van der Waals surface area contributed by atoms with Crippen molar-refractivity contribution in [3.05, 3.63) is 65.5 Å². The fourth-order valence-electron chi connectivity index (χ4n) is 2.18. The van der Waals surface area contributed by atoms with Crippen molar-refractivity contribution in [3.8, 4) is 0 Å². The van der Waals surface area contributed by atoms with Gasteiger partial charge in [0.1, 0.15) is 0 Å². The Morgan fingerprint density at radius 3 is 2.58 bits per heavy atom. The largest absolute Gasteiger partial charge is 0.322 e. The van der Waals surface area contributed by atoms with E-state index in [-0.39, 0.29) is 11.8 Å². The molecule has 0 unspecified atom stereocenters. The third-order valence-corrected chi connectivity index (χ3v) is 3.50. The van der Waals surface area contributed by atoms with Crippen molar-refractivity contribution >= 4 is 23.2 Å². The Bertz CT molecular complexity index is 778. The summed E-state index contributed by atoms with van der Waals surface area (Å²) in [6.07, 6.45) is 4.81. The minimum Gasteiger partial charge on any atom is -0.322 e. The normalized spacial score (nSPS) is 10.0. The Hall–Kier alpha value is -2.95. The number of rotatable bonds is 4. The number of aromatic nitrogens is 1. The van der Waals surface area contributed by atoms with Gasteiger partial charge in [-0.05, 0) is 50.6 Å². The maximum Gasteiger partial charge on any atom is 0.258 e. The summed E-state index contributed by atoms with van der Waals surface area (Å²) >= 11 is 0. The smallest absolute Gasteiger partial charge is 0.258 e. The fraction of sp³-hybridized carbons (Fsp3) is 0.211. The number of amides is 2. The van der Waals surface area contributed by atoms with E-state index in [9.17, 15) is 9.59 Å². The lowest BCUT2D eigenvalue weighted by molar-refractivity contribution is -0.112. The maximum atomic E-state index is 12.6. The number of anilines is 2. The van der Waals surface area contributed by atoms with Gasteiger partial charge in [-0.2, -0.15) is 0 Å². The summed E-state index contributed by atoms with van der Waals surface area (Å²) in [4.78, 5) is 30.1. The Kier molecular flexibility index (Phi) is 5.47. The lowest BCUT2D eigenvalue weighted by atomic mass is 10.1. The number of pyridine rings is 1. The molecule has 0 saturated carbocycles. The van der Waals surface area contributed by atoms with Crippen LogP contribution in [-0.2, 0) is 4.79 Å². The van der Waals surface area contributed by atoms with E-state index in [4.69, 9.17) is 0 Å². The number of nitrogens with zero attached hydrogens (tertiary/aromatic N) is 2. The number of carbonyl (C=O) groups excluding carboxylic acids is 2. The molecule has 1 N–H and O–H groups in total. The van der Waals surface area contributed by atoms with Crippen LogP contribution in [-0.4, -0.2) is 23.8 Å². The summed E-state index contributed by atoms with van der Waals surface area (Å²) in [6.45, 7) is 5.60. The quantitative estimate of drug-likeness (QED) is 0.875. The zero-order valence-corrected chi connectivity index (χ0v) is 14.3. The molecule has 0 fully saturated rings. The Balaban J connectivity index is 2.25. The first-order valence-electron chi connectivity index (χ1n) is 7.63. The number of hydrogen-bond acceptors (Lipinski definition) is 3. The molecule has 2 amide bonds. The minimum absolute atomic E-state index is 0.166. The van der Waals surface area contributed by atoms with Crippen LogP contribution in [0.2, 0.25) is 0 Å². The van der Waals surface area contributed by atoms with Crippen molar-refractivity contribution in [2.75, 3.05) is 17.3 Å². The van der Waals surface area contributed by atoms with Crippen LogP contribution < -0.4 is 10.2 Å². The monoisotopic (exact) mass is 323 g/mol. The van der Waals surface area contributed by atoms with Crippen LogP contribution in [0.15, 0.2) is 54.4 Å². The topological polar surface area (TPSA) is 62.3 Å². The Morgan fingerprint density at radius 2 is 1.96 bits per heavy atom. The number of aryl methyl sites for hydroxylation is 1. The van der Waals surface area contributed by atoms with Gasteiger partial charge in [-0.3, -0.25) is 14.6 Å². The summed E-state index contributed by atoms with van der Waals surface area (Å²) in [7, 11) is 1.70. The lowest BCUT2D eigenvalue weighted by Gasteiger charge is -2.18. The number of allylic oxidation sites excluding steroid dienone is 1. The third kappa shape index (κ3) is 4.29. The van der Waals surface area contributed by atoms with Crippen molar-refractivity contribution in [1.82, 2.24) is 4.98 Å².